The first-order valence-electron chi connectivity index (χ1n) is 10.0. The molecule has 3 fully saturated rings. The number of amides is 1. The predicted octanol–water partition coefficient (Wildman–Crippen LogP) is 1.90. The molecule has 1 saturated heterocycles. The van der Waals surface area contributed by atoms with E-state index in [2.05, 4.69) is 23.2 Å². The van der Waals surface area contributed by atoms with Crippen molar-refractivity contribution in [3.63, 3.8) is 0 Å². The van der Waals surface area contributed by atoms with Crippen LogP contribution in [0.25, 0.3) is 0 Å². The number of hydrogen-bond acceptors (Lipinski definition) is 5. The molecular weight excluding hydrogens is 360 g/mol. The number of amidine groups is 1. The zero-order valence-corrected chi connectivity index (χ0v) is 15.5. The van der Waals surface area contributed by atoms with Gasteiger partial charge in [0, 0.05) is 25.9 Å². The van der Waals surface area contributed by atoms with Crippen molar-refractivity contribution < 1.29 is 24.2 Å². The number of carbonyl (C=O) groups is 2. The van der Waals surface area contributed by atoms with E-state index in [0.29, 0.717) is 25.5 Å². The van der Waals surface area contributed by atoms with Gasteiger partial charge in [0.25, 0.3) is 11.9 Å². The number of hydrogen-bond donors (Lipinski definition) is 1. The molecule has 0 bridgehead atoms. The van der Waals surface area contributed by atoms with Crippen molar-refractivity contribution in [2.75, 3.05) is 13.1 Å². The van der Waals surface area contributed by atoms with Crippen LogP contribution in [0.3, 0.4) is 0 Å². The van der Waals surface area contributed by atoms with Gasteiger partial charge in [-0.1, -0.05) is 24.3 Å². The second kappa shape index (κ2) is 5.35. The van der Waals surface area contributed by atoms with Crippen LogP contribution in [-0.2, 0) is 31.3 Å². The van der Waals surface area contributed by atoms with Crippen molar-refractivity contribution in [3.8, 4) is 0 Å². The molecule has 6 rings (SSSR count). The molecule has 5 aliphatic rings. The summed E-state index contributed by atoms with van der Waals surface area (Å²) in [5, 5.41) is 9.21. The van der Waals surface area contributed by atoms with Crippen molar-refractivity contribution in [3.05, 3.63) is 35.4 Å². The number of nitrogens with zero attached hydrogens (tertiary/aromatic N) is 2. The zero-order valence-electron chi connectivity index (χ0n) is 15.5. The van der Waals surface area contributed by atoms with E-state index in [1.807, 2.05) is 11.0 Å². The van der Waals surface area contributed by atoms with E-state index in [1.165, 1.54) is 11.1 Å². The number of carboxylic acids is 1. The summed E-state index contributed by atoms with van der Waals surface area (Å²) in [5.41, 5.74) is 1.39. The highest BCUT2D eigenvalue weighted by Gasteiger charge is 2.69. The molecule has 1 amide bonds. The molecule has 1 N–H and O–H groups in total. The third-order valence-electron chi connectivity index (χ3n) is 7.48. The lowest BCUT2D eigenvalue weighted by Crippen LogP contribution is -2.47. The van der Waals surface area contributed by atoms with Crippen molar-refractivity contribution in [2.45, 2.75) is 43.5 Å². The van der Waals surface area contributed by atoms with Crippen molar-refractivity contribution in [1.29, 1.82) is 0 Å². The standard InChI is InChI=1S/C21H22N2O5/c24-17(25)16-13-9-21(10-14(13)16)18(26)22-19(28-21)23-7-5-20(6-8-23)15-4-2-1-3-12(15)11-27-20/h1-4,13-14,16H,5-11H2,(H,24,25). The van der Waals surface area contributed by atoms with Gasteiger partial charge in [-0.2, -0.15) is 4.99 Å². The number of carboxylic acid groups (broad SMARTS) is 1. The van der Waals surface area contributed by atoms with E-state index >= 15 is 0 Å². The Morgan fingerprint density at radius 1 is 1.14 bits per heavy atom. The molecule has 3 heterocycles. The normalized spacial score (nSPS) is 37.0. The van der Waals surface area contributed by atoms with Crippen LogP contribution in [0, 0.1) is 17.8 Å². The molecule has 146 valence electrons. The minimum Gasteiger partial charge on any atom is -0.481 e. The second-order valence-electron chi connectivity index (χ2n) is 8.82. The number of fused-ring (bicyclic) bond motifs is 3. The minimum atomic E-state index is -0.914. The van der Waals surface area contributed by atoms with Crippen LogP contribution in [0.4, 0.5) is 0 Å². The second-order valence-corrected chi connectivity index (χ2v) is 8.82. The summed E-state index contributed by atoms with van der Waals surface area (Å²) in [4.78, 5) is 30.1. The highest BCUT2D eigenvalue weighted by molar-refractivity contribution is 6.02. The van der Waals surface area contributed by atoms with Gasteiger partial charge >= 0.3 is 5.97 Å². The molecule has 7 heteroatoms. The quantitative estimate of drug-likeness (QED) is 0.798. The number of aliphatic imine (C=N–C) groups is 1. The molecule has 7 nitrogen and oxygen atoms in total. The van der Waals surface area contributed by atoms with Crippen LogP contribution in [-0.4, -0.2) is 46.6 Å². The average Bonchev–Trinajstić information content (AvgIpc) is 2.96. The third kappa shape index (κ3) is 2.11. The van der Waals surface area contributed by atoms with Gasteiger partial charge in [-0.25, -0.2) is 0 Å². The van der Waals surface area contributed by atoms with Gasteiger partial charge in [-0.15, -0.1) is 0 Å². The molecule has 2 aliphatic carbocycles. The predicted molar refractivity (Wildman–Crippen MR) is 97.3 cm³/mol. The molecule has 2 saturated carbocycles. The van der Waals surface area contributed by atoms with Crippen LogP contribution in [0.15, 0.2) is 29.3 Å². The Morgan fingerprint density at radius 2 is 1.86 bits per heavy atom. The first-order chi connectivity index (χ1) is 13.5. The van der Waals surface area contributed by atoms with Crippen LogP contribution in [0.1, 0.15) is 36.8 Å². The maximum atomic E-state index is 12.6. The maximum absolute atomic E-state index is 12.6. The molecule has 1 aromatic rings. The van der Waals surface area contributed by atoms with Gasteiger partial charge in [0.2, 0.25) is 0 Å². The van der Waals surface area contributed by atoms with Crippen molar-refractivity contribution in [2.24, 2.45) is 22.7 Å². The molecule has 1 aromatic carbocycles. The Hall–Kier alpha value is -2.41. The molecule has 0 aromatic heterocycles. The smallest absolute Gasteiger partial charge is 0.307 e. The van der Waals surface area contributed by atoms with Gasteiger partial charge in [-0.05, 0) is 35.8 Å². The molecule has 2 spiro atoms. The minimum absolute atomic E-state index is 0.0593. The SMILES string of the molecule is O=C(O)C1C2CC3(CC21)OC(N1CCC2(CC1)OCc1ccccc12)=NC3=O. The number of aliphatic carboxylic acids is 1. The first kappa shape index (κ1) is 16.5. The van der Waals surface area contributed by atoms with Gasteiger partial charge in [-0.3, -0.25) is 9.59 Å². The number of rotatable bonds is 1. The summed E-state index contributed by atoms with van der Waals surface area (Å²) < 4.78 is 12.3. The topological polar surface area (TPSA) is 88.4 Å². The monoisotopic (exact) mass is 382 g/mol. The van der Waals surface area contributed by atoms with Gasteiger partial charge < -0.3 is 19.5 Å². The van der Waals surface area contributed by atoms with E-state index in [4.69, 9.17) is 9.47 Å². The summed E-state index contributed by atoms with van der Waals surface area (Å²) in [5.74, 6) is -1.18. The number of piperidine rings is 1. The van der Waals surface area contributed by atoms with E-state index in [1.54, 1.807) is 0 Å². The summed E-state index contributed by atoms with van der Waals surface area (Å²) >= 11 is 0. The lowest BCUT2D eigenvalue weighted by atomic mass is 9.84. The molecule has 2 atom stereocenters. The Kier molecular flexibility index (Phi) is 3.16. The van der Waals surface area contributed by atoms with Crippen molar-refractivity contribution >= 4 is 17.9 Å². The Bertz CT molecular complexity index is 905. The van der Waals surface area contributed by atoms with Gasteiger partial charge in [0.1, 0.15) is 0 Å². The van der Waals surface area contributed by atoms with E-state index in [9.17, 15) is 14.7 Å². The third-order valence-corrected chi connectivity index (χ3v) is 7.48. The molecule has 3 aliphatic heterocycles. The van der Waals surface area contributed by atoms with Gasteiger partial charge in [0.15, 0.2) is 5.60 Å². The van der Waals surface area contributed by atoms with E-state index in [0.717, 1.165) is 25.9 Å². The Balaban J connectivity index is 1.14. The van der Waals surface area contributed by atoms with Crippen LogP contribution >= 0.6 is 0 Å². The van der Waals surface area contributed by atoms with Gasteiger partial charge in [0.05, 0.1) is 18.1 Å². The highest BCUT2D eigenvalue weighted by atomic mass is 16.5. The maximum Gasteiger partial charge on any atom is 0.307 e. The lowest BCUT2D eigenvalue weighted by Gasteiger charge is -2.40. The van der Waals surface area contributed by atoms with Crippen LogP contribution in [0.5, 0.6) is 0 Å². The number of ether oxygens (including phenoxy) is 2. The zero-order chi connectivity index (χ0) is 19.1. The van der Waals surface area contributed by atoms with Crippen molar-refractivity contribution in [1.82, 2.24) is 4.90 Å². The molecule has 0 radical (unpaired) electrons. The molecule has 28 heavy (non-hydrogen) atoms. The fraction of sp³-hybridized carbons (Fsp3) is 0.571. The first-order valence-corrected chi connectivity index (χ1v) is 10.0. The number of likely N-dealkylation sites (tertiary alicyclic amines) is 1. The lowest BCUT2D eigenvalue weighted by molar-refractivity contribution is -0.141. The largest absolute Gasteiger partial charge is 0.481 e. The molecular formula is C21H22N2O5. The van der Waals surface area contributed by atoms with E-state index < -0.39 is 11.6 Å². The van der Waals surface area contributed by atoms with E-state index in [-0.39, 0.29) is 29.3 Å². The highest BCUT2D eigenvalue weighted by Crippen LogP contribution is 2.63. The summed E-state index contributed by atoms with van der Waals surface area (Å²) in [7, 11) is 0. The fourth-order valence-corrected chi connectivity index (χ4v) is 5.89. The number of carbonyl (C=O) groups excluding carboxylic acids is 1. The average molecular weight is 382 g/mol. The summed E-state index contributed by atoms with van der Waals surface area (Å²) in [6.45, 7) is 2.10. The summed E-state index contributed by atoms with van der Waals surface area (Å²) in [6, 6.07) is 8.80. The number of benzene rings is 1. The van der Waals surface area contributed by atoms with Crippen LogP contribution < -0.4 is 0 Å². The van der Waals surface area contributed by atoms with Crippen LogP contribution in [0.2, 0.25) is 0 Å². The molecule has 2 unspecified atom stereocenters. The Labute approximate surface area is 162 Å². The fourth-order valence-electron chi connectivity index (χ4n) is 5.89. The summed E-state index contributed by atoms with van der Waals surface area (Å²) in [6.07, 6.45) is 2.63. The Morgan fingerprint density at radius 3 is 2.57 bits per heavy atom.